The van der Waals surface area contributed by atoms with Crippen molar-refractivity contribution in [3.8, 4) is 5.69 Å². The van der Waals surface area contributed by atoms with Crippen LogP contribution in [-0.4, -0.2) is 38.8 Å². The van der Waals surface area contributed by atoms with Crippen LogP contribution in [0.3, 0.4) is 0 Å². The number of rotatable bonds is 6. The summed E-state index contributed by atoms with van der Waals surface area (Å²) in [7, 11) is 0. The third-order valence-corrected chi connectivity index (χ3v) is 5.96. The molecule has 1 saturated heterocycles. The molecular weight excluding hydrogens is 404 g/mol. The molecule has 1 aromatic carbocycles. The molecule has 0 saturated carbocycles. The normalized spacial score (nSPS) is 15.3. The van der Waals surface area contributed by atoms with Crippen LogP contribution in [0.2, 0.25) is 0 Å². The molecule has 2 heterocycles. The predicted octanol–water partition coefficient (Wildman–Crippen LogP) is 4.66. The molecule has 2 aromatic rings. The third-order valence-electron chi connectivity index (χ3n) is 4.58. The molecule has 150 valence electrons. The largest absolute Gasteiger partial charge is 0.462 e. The van der Waals surface area contributed by atoms with Crippen molar-refractivity contribution in [3.05, 3.63) is 70.4 Å². The van der Waals surface area contributed by atoms with Gasteiger partial charge in [-0.05, 0) is 62.7 Å². The summed E-state index contributed by atoms with van der Waals surface area (Å²) in [5.41, 5.74) is 4.44. The van der Waals surface area contributed by atoms with Crippen molar-refractivity contribution in [3.63, 3.8) is 0 Å². The van der Waals surface area contributed by atoms with Crippen LogP contribution in [0, 0.1) is 13.8 Å². The molecule has 0 bridgehead atoms. The van der Waals surface area contributed by atoms with E-state index in [9.17, 15) is 9.59 Å². The molecule has 0 radical (unpaired) electrons. The highest BCUT2D eigenvalue weighted by molar-refractivity contribution is 8.26. The number of aromatic nitrogens is 1. The summed E-state index contributed by atoms with van der Waals surface area (Å²) in [4.78, 5) is 26.6. The lowest BCUT2D eigenvalue weighted by atomic mass is 10.2. The van der Waals surface area contributed by atoms with Crippen molar-refractivity contribution in [2.24, 2.45) is 0 Å². The predicted molar refractivity (Wildman–Crippen MR) is 121 cm³/mol. The van der Waals surface area contributed by atoms with Crippen LogP contribution in [0.1, 0.15) is 34.2 Å². The van der Waals surface area contributed by atoms with Crippen LogP contribution in [-0.2, 0) is 9.53 Å². The van der Waals surface area contributed by atoms with Gasteiger partial charge in [-0.15, -0.1) is 6.58 Å². The molecule has 1 aliphatic rings. The molecule has 0 unspecified atom stereocenters. The number of hydrogen-bond donors (Lipinski definition) is 0. The smallest absolute Gasteiger partial charge is 0.338 e. The molecule has 1 aliphatic heterocycles. The van der Waals surface area contributed by atoms with Gasteiger partial charge in [0, 0.05) is 23.6 Å². The first-order valence-electron chi connectivity index (χ1n) is 9.20. The molecule has 0 spiro atoms. The van der Waals surface area contributed by atoms with E-state index < -0.39 is 0 Å². The maximum Gasteiger partial charge on any atom is 0.338 e. The van der Waals surface area contributed by atoms with E-state index in [4.69, 9.17) is 17.0 Å². The topological polar surface area (TPSA) is 51.5 Å². The lowest BCUT2D eigenvalue weighted by Crippen LogP contribution is -2.27. The van der Waals surface area contributed by atoms with Crippen LogP contribution < -0.4 is 0 Å². The molecule has 0 N–H and O–H groups in total. The van der Waals surface area contributed by atoms with E-state index in [0.29, 0.717) is 27.9 Å². The summed E-state index contributed by atoms with van der Waals surface area (Å²) < 4.78 is 7.67. The molecule has 7 heteroatoms. The van der Waals surface area contributed by atoms with E-state index in [1.54, 1.807) is 30.0 Å². The standard InChI is InChI=1S/C22H22N2O3S2/c1-5-11-23-20(25)19(29-22(23)28)13-17-12-14(3)24(15(17)4)18-9-7-16(8-10-18)21(26)27-6-2/h5,7-10,12-13H,1,6,11H2,2-4H3/b19-13+. The summed E-state index contributed by atoms with van der Waals surface area (Å²) in [5.74, 6) is -0.425. The van der Waals surface area contributed by atoms with Gasteiger partial charge in [0.2, 0.25) is 0 Å². The summed E-state index contributed by atoms with van der Waals surface area (Å²) in [6.07, 6.45) is 3.55. The number of esters is 1. The molecule has 29 heavy (non-hydrogen) atoms. The highest BCUT2D eigenvalue weighted by Crippen LogP contribution is 2.34. The highest BCUT2D eigenvalue weighted by Gasteiger charge is 2.31. The molecule has 1 aromatic heterocycles. The zero-order chi connectivity index (χ0) is 21.1. The van der Waals surface area contributed by atoms with E-state index in [2.05, 4.69) is 11.1 Å². The number of thiocarbonyl (C=S) groups is 1. The van der Waals surface area contributed by atoms with E-state index in [1.807, 2.05) is 38.1 Å². The van der Waals surface area contributed by atoms with Crippen molar-refractivity contribution in [1.82, 2.24) is 9.47 Å². The van der Waals surface area contributed by atoms with Gasteiger partial charge in [-0.1, -0.05) is 30.1 Å². The summed E-state index contributed by atoms with van der Waals surface area (Å²) in [5, 5.41) is 0. The van der Waals surface area contributed by atoms with E-state index in [0.717, 1.165) is 22.6 Å². The second-order valence-electron chi connectivity index (χ2n) is 6.51. The van der Waals surface area contributed by atoms with Gasteiger partial charge >= 0.3 is 5.97 Å². The van der Waals surface area contributed by atoms with Crippen LogP contribution in [0.5, 0.6) is 0 Å². The number of aryl methyl sites for hydroxylation is 1. The van der Waals surface area contributed by atoms with Gasteiger partial charge in [0.25, 0.3) is 5.91 Å². The van der Waals surface area contributed by atoms with Crippen LogP contribution >= 0.6 is 24.0 Å². The monoisotopic (exact) mass is 426 g/mol. The fourth-order valence-electron chi connectivity index (χ4n) is 3.22. The van der Waals surface area contributed by atoms with Crippen molar-refractivity contribution in [1.29, 1.82) is 0 Å². The minimum atomic E-state index is -0.331. The molecule has 0 aliphatic carbocycles. The maximum absolute atomic E-state index is 12.6. The Balaban J connectivity index is 1.92. The van der Waals surface area contributed by atoms with E-state index in [-0.39, 0.29) is 11.9 Å². The number of benzene rings is 1. The fraction of sp³-hybridized carbons (Fsp3) is 0.227. The van der Waals surface area contributed by atoms with Gasteiger partial charge in [0.1, 0.15) is 4.32 Å². The van der Waals surface area contributed by atoms with Gasteiger partial charge in [0.15, 0.2) is 0 Å². The third kappa shape index (κ3) is 4.21. The van der Waals surface area contributed by atoms with Crippen molar-refractivity contribution >= 4 is 46.3 Å². The van der Waals surface area contributed by atoms with Gasteiger partial charge in [-0.3, -0.25) is 9.69 Å². The number of hydrogen-bond acceptors (Lipinski definition) is 5. The average molecular weight is 427 g/mol. The molecule has 0 atom stereocenters. The Bertz CT molecular complexity index is 1020. The number of amides is 1. The molecule has 1 amide bonds. The molecule has 3 rings (SSSR count). The minimum absolute atomic E-state index is 0.0940. The number of nitrogens with zero attached hydrogens (tertiary/aromatic N) is 2. The number of ether oxygens (including phenoxy) is 1. The Morgan fingerprint density at radius 2 is 1.97 bits per heavy atom. The van der Waals surface area contributed by atoms with Crippen molar-refractivity contribution in [2.75, 3.05) is 13.2 Å². The first kappa shape index (κ1) is 21.1. The minimum Gasteiger partial charge on any atom is -0.462 e. The molecular formula is C22H22N2O3S2. The van der Waals surface area contributed by atoms with E-state index in [1.165, 1.54) is 11.8 Å². The second kappa shape index (κ2) is 8.80. The van der Waals surface area contributed by atoms with E-state index >= 15 is 0 Å². The van der Waals surface area contributed by atoms with Crippen LogP contribution in [0.4, 0.5) is 0 Å². The van der Waals surface area contributed by atoms with Gasteiger partial charge < -0.3 is 9.30 Å². The SMILES string of the molecule is C=CCN1C(=O)/C(=C\c2cc(C)n(-c3ccc(C(=O)OCC)cc3)c2C)SC1=S. The van der Waals surface area contributed by atoms with Gasteiger partial charge in [0.05, 0.1) is 17.1 Å². The quantitative estimate of drug-likeness (QED) is 0.291. The van der Waals surface area contributed by atoms with Crippen molar-refractivity contribution in [2.45, 2.75) is 20.8 Å². The maximum atomic E-state index is 12.6. The zero-order valence-electron chi connectivity index (χ0n) is 16.6. The number of thioether (sulfide) groups is 1. The van der Waals surface area contributed by atoms with Crippen LogP contribution in [0.25, 0.3) is 11.8 Å². The number of carbonyl (C=O) groups excluding carboxylic acids is 2. The van der Waals surface area contributed by atoms with Crippen LogP contribution in [0.15, 0.2) is 47.9 Å². The van der Waals surface area contributed by atoms with Crippen molar-refractivity contribution < 1.29 is 14.3 Å². The highest BCUT2D eigenvalue weighted by atomic mass is 32.2. The fourth-order valence-corrected chi connectivity index (χ4v) is 4.49. The number of carbonyl (C=O) groups is 2. The van der Waals surface area contributed by atoms with Gasteiger partial charge in [-0.2, -0.15) is 0 Å². The first-order chi connectivity index (χ1) is 13.9. The Kier molecular flexibility index (Phi) is 6.39. The summed E-state index contributed by atoms with van der Waals surface area (Å²) in [6.45, 7) is 10.2. The Labute approximate surface area is 180 Å². The Morgan fingerprint density at radius 1 is 1.28 bits per heavy atom. The molecule has 1 fully saturated rings. The van der Waals surface area contributed by atoms with Gasteiger partial charge in [-0.25, -0.2) is 4.79 Å². The molecule has 5 nitrogen and oxygen atoms in total. The lowest BCUT2D eigenvalue weighted by Gasteiger charge is -2.11. The summed E-state index contributed by atoms with van der Waals surface area (Å²) >= 11 is 6.61. The lowest BCUT2D eigenvalue weighted by molar-refractivity contribution is -0.121. The average Bonchev–Trinajstić information content (AvgIpc) is 3.12. The Hall–Kier alpha value is -2.64. The zero-order valence-corrected chi connectivity index (χ0v) is 18.2. The second-order valence-corrected chi connectivity index (χ2v) is 8.19. The summed E-state index contributed by atoms with van der Waals surface area (Å²) in [6, 6.07) is 9.33. The Morgan fingerprint density at radius 3 is 2.59 bits per heavy atom. The first-order valence-corrected chi connectivity index (χ1v) is 10.4.